The Morgan fingerprint density at radius 2 is 2.07 bits per heavy atom. The highest BCUT2D eigenvalue weighted by Gasteiger charge is 2.28. The average Bonchev–Trinajstić information content (AvgIpc) is 3.06. The number of alkyl halides is 3. The van der Waals surface area contributed by atoms with E-state index in [0.717, 1.165) is 5.56 Å². The molecule has 0 spiro atoms. The van der Waals surface area contributed by atoms with Crippen molar-refractivity contribution in [2.45, 2.75) is 40.6 Å². The largest absolute Gasteiger partial charge is 0.522 e. The number of aromatic nitrogens is 3. The number of nitrogens with zero attached hydrogens (tertiary/aromatic N) is 4. The van der Waals surface area contributed by atoms with Gasteiger partial charge >= 0.3 is 6.36 Å². The van der Waals surface area contributed by atoms with Crippen molar-refractivity contribution in [3.05, 3.63) is 60.7 Å². The summed E-state index contributed by atoms with van der Waals surface area (Å²) < 4.78 is 41.8. The molecule has 2 rings (SSSR count). The Bertz CT molecular complexity index is 809. The number of halogens is 3. The molecule has 0 saturated carbocycles. The SMILES string of the molecule is C=C(C)N=C(/C=C\C)c1cn(CCOC(F)(F)F)nc1-c1cccnc1.CC. The van der Waals surface area contributed by atoms with E-state index in [2.05, 4.69) is 26.4 Å². The molecule has 0 atom stereocenters. The molecule has 0 aliphatic carbocycles. The molecule has 0 saturated heterocycles. The minimum absolute atomic E-state index is 0.0526. The van der Waals surface area contributed by atoms with E-state index in [0.29, 0.717) is 22.7 Å². The lowest BCUT2D eigenvalue weighted by atomic mass is 10.1. The molecule has 0 aliphatic heterocycles. The molecule has 0 fully saturated rings. The Balaban J connectivity index is 0.00000190. The fourth-order valence-electron chi connectivity index (χ4n) is 2.25. The predicted molar refractivity (Wildman–Crippen MR) is 105 cm³/mol. The van der Waals surface area contributed by atoms with E-state index in [9.17, 15) is 13.2 Å². The Hall–Kier alpha value is -2.74. The van der Waals surface area contributed by atoms with Gasteiger partial charge in [-0.05, 0) is 32.1 Å². The summed E-state index contributed by atoms with van der Waals surface area (Å²) in [5.74, 6) is 0. The van der Waals surface area contributed by atoms with Crippen molar-refractivity contribution in [1.29, 1.82) is 0 Å². The Labute approximate surface area is 163 Å². The standard InChI is InChI=1S/C18H19F3N4O.C2H6/c1-4-6-16(23-13(2)3)15-12-25(9-10-26-18(19,20)21)24-17(15)14-7-5-8-22-11-14;1-2/h4-8,11-12H,2,9-10H2,1,3H3;1-2H3/b6-4-,23-16?;. The highest BCUT2D eigenvalue weighted by atomic mass is 19.4. The lowest BCUT2D eigenvalue weighted by molar-refractivity contribution is -0.325. The summed E-state index contributed by atoms with van der Waals surface area (Å²) in [5, 5.41) is 4.40. The minimum Gasteiger partial charge on any atom is -0.290 e. The van der Waals surface area contributed by atoms with Crippen LogP contribution in [0.15, 0.2) is 60.1 Å². The van der Waals surface area contributed by atoms with Gasteiger partial charge in [-0.3, -0.25) is 19.4 Å². The van der Waals surface area contributed by atoms with Crippen LogP contribution < -0.4 is 0 Å². The van der Waals surface area contributed by atoms with Crippen molar-refractivity contribution >= 4 is 5.71 Å². The second-order valence-electron chi connectivity index (χ2n) is 5.42. The topological polar surface area (TPSA) is 52.3 Å². The van der Waals surface area contributed by atoms with Crippen LogP contribution in [0, 0.1) is 0 Å². The number of aliphatic imine (C=N–C) groups is 1. The van der Waals surface area contributed by atoms with Gasteiger partial charge in [0, 0.05) is 35.4 Å². The summed E-state index contributed by atoms with van der Waals surface area (Å²) in [6.45, 7) is 10.8. The van der Waals surface area contributed by atoms with E-state index >= 15 is 0 Å². The second kappa shape index (κ2) is 11.2. The first-order valence-corrected chi connectivity index (χ1v) is 8.86. The first kappa shape index (κ1) is 23.3. The number of hydrogen-bond acceptors (Lipinski definition) is 4. The molecule has 152 valence electrons. The van der Waals surface area contributed by atoms with Gasteiger partial charge in [0.15, 0.2) is 0 Å². The lowest BCUT2D eigenvalue weighted by Crippen LogP contribution is -2.17. The van der Waals surface area contributed by atoms with Crippen molar-refractivity contribution in [1.82, 2.24) is 14.8 Å². The Kier molecular flexibility index (Phi) is 9.31. The van der Waals surface area contributed by atoms with Crippen molar-refractivity contribution in [3.8, 4) is 11.3 Å². The average molecular weight is 394 g/mol. The van der Waals surface area contributed by atoms with Crippen LogP contribution in [0.5, 0.6) is 0 Å². The van der Waals surface area contributed by atoms with E-state index in [4.69, 9.17) is 0 Å². The quantitative estimate of drug-likeness (QED) is 0.590. The first-order valence-electron chi connectivity index (χ1n) is 8.86. The predicted octanol–water partition coefficient (Wildman–Crippen LogP) is 5.41. The van der Waals surface area contributed by atoms with Crippen LogP contribution in [0.3, 0.4) is 0 Å². The fourth-order valence-corrected chi connectivity index (χ4v) is 2.25. The van der Waals surface area contributed by atoms with Gasteiger partial charge in [0.1, 0.15) is 5.69 Å². The molecule has 0 aliphatic rings. The zero-order valence-corrected chi connectivity index (χ0v) is 16.5. The summed E-state index contributed by atoms with van der Waals surface area (Å²) >= 11 is 0. The molecule has 0 radical (unpaired) electrons. The van der Waals surface area contributed by atoms with Crippen molar-refractivity contribution in [2.24, 2.45) is 4.99 Å². The molecule has 28 heavy (non-hydrogen) atoms. The normalized spacial score (nSPS) is 12.0. The molecule has 2 aromatic rings. The molecule has 0 amide bonds. The third kappa shape index (κ3) is 7.48. The number of hydrogen-bond donors (Lipinski definition) is 0. The summed E-state index contributed by atoms with van der Waals surface area (Å²) in [5.41, 5.74) is 3.19. The molecular formula is C20H25F3N4O. The van der Waals surface area contributed by atoms with Gasteiger partial charge in [-0.1, -0.05) is 26.5 Å². The number of ether oxygens (including phenoxy) is 1. The molecule has 0 N–H and O–H groups in total. The van der Waals surface area contributed by atoms with Gasteiger partial charge in [0.05, 0.1) is 18.9 Å². The molecule has 5 nitrogen and oxygen atoms in total. The third-order valence-electron chi connectivity index (χ3n) is 3.19. The van der Waals surface area contributed by atoms with Crippen LogP contribution in [-0.2, 0) is 11.3 Å². The molecule has 2 heterocycles. The number of pyridine rings is 1. The summed E-state index contributed by atoms with van der Waals surface area (Å²) in [4.78, 5) is 8.48. The van der Waals surface area contributed by atoms with E-state index in [1.165, 1.54) is 4.68 Å². The van der Waals surface area contributed by atoms with Gasteiger partial charge in [-0.15, -0.1) is 13.2 Å². The zero-order chi connectivity index (χ0) is 21.2. The first-order chi connectivity index (χ1) is 13.3. The minimum atomic E-state index is -4.67. The van der Waals surface area contributed by atoms with Crippen LogP contribution in [-0.4, -0.2) is 33.4 Å². The highest BCUT2D eigenvalue weighted by Crippen LogP contribution is 2.23. The van der Waals surface area contributed by atoms with Gasteiger partial charge in [-0.2, -0.15) is 5.10 Å². The lowest BCUT2D eigenvalue weighted by Gasteiger charge is -2.06. The second-order valence-corrected chi connectivity index (χ2v) is 5.42. The molecule has 2 aromatic heterocycles. The van der Waals surface area contributed by atoms with Gasteiger partial charge in [-0.25, -0.2) is 0 Å². The summed E-state index contributed by atoms with van der Waals surface area (Å²) in [6, 6.07) is 3.58. The molecule has 0 unspecified atom stereocenters. The molecule has 0 aromatic carbocycles. The maximum atomic E-state index is 12.2. The fraction of sp³-hybridized carbons (Fsp3) is 0.350. The smallest absolute Gasteiger partial charge is 0.290 e. The van der Waals surface area contributed by atoms with E-state index in [-0.39, 0.29) is 6.54 Å². The van der Waals surface area contributed by atoms with Gasteiger partial charge < -0.3 is 0 Å². The summed E-state index contributed by atoms with van der Waals surface area (Å²) in [7, 11) is 0. The highest BCUT2D eigenvalue weighted by molar-refractivity contribution is 6.12. The summed E-state index contributed by atoms with van der Waals surface area (Å²) in [6.07, 6.45) is 3.85. The van der Waals surface area contributed by atoms with Crippen LogP contribution in [0.25, 0.3) is 11.3 Å². The molecule has 8 heteroatoms. The monoisotopic (exact) mass is 394 g/mol. The zero-order valence-electron chi connectivity index (χ0n) is 16.5. The third-order valence-corrected chi connectivity index (χ3v) is 3.19. The maximum Gasteiger partial charge on any atom is 0.522 e. The van der Waals surface area contributed by atoms with Crippen molar-refractivity contribution in [3.63, 3.8) is 0 Å². The van der Waals surface area contributed by atoms with Crippen molar-refractivity contribution < 1.29 is 17.9 Å². The van der Waals surface area contributed by atoms with Crippen LogP contribution in [0.2, 0.25) is 0 Å². The van der Waals surface area contributed by atoms with Crippen LogP contribution >= 0.6 is 0 Å². The van der Waals surface area contributed by atoms with Crippen molar-refractivity contribution in [2.75, 3.05) is 6.61 Å². The van der Waals surface area contributed by atoms with Crippen LogP contribution in [0.1, 0.15) is 33.3 Å². The number of allylic oxidation sites excluding steroid dienone is 3. The van der Waals surface area contributed by atoms with E-state index < -0.39 is 13.0 Å². The molecule has 0 bridgehead atoms. The molecular weight excluding hydrogens is 369 g/mol. The maximum absolute atomic E-state index is 12.2. The Morgan fingerprint density at radius 1 is 1.36 bits per heavy atom. The van der Waals surface area contributed by atoms with E-state index in [1.54, 1.807) is 37.7 Å². The Morgan fingerprint density at radius 3 is 2.61 bits per heavy atom. The van der Waals surface area contributed by atoms with Gasteiger partial charge in [0.25, 0.3) is 0 Å². The number of rotatable bonds is 7. The van der Waals surface area contributed by atoms with Gasteiger partial charge in [0.2, 0.25) is 0 Å². The van der Waals surface area contributed by atoms with E-state index in [1.807, 2.05) is 32.9 Å². The van der Waals surface area contributed by atoms with Crippen LogP contribution in [0.4, 0.5) is 13.2 Å².